The molecule has 0 radical (unpaired) electrons. The highest BCUT2D eigenvalue weighted by atomic mass is 32.1. The molecule has 4 rings (SSSR count). The van der Waals surface area contributed by atoms with Crippen molar-refractivity contribution in [2.24, 2.45) is 11.8 Å². The van der Waals surface area contributed by atoms with Crippen molar-refractivity contribution in [3.05, 3.63) is 16.1 Å². The second kappa shape index (κ2) is 7.17. The normalized spacial score (nSPS) is 28.4. The number of carbonyl (C=O) groups is 2. The van der Waals surface area contributed by atoms with Gasteiger partial charge in [-0.25, -0.2) is 4.98 Å². The SMILES string of the molecule is CCC[C@@H](C)N1C[C@H]2C(=O)NC3(CCN(C(=O)c4csc(C)n4)CC3)[C@H]2C1. The number of hydrogen-bond acceptors (Lipinski definition) is 5. The molecule has 4 heterocycles. The first kappa shape index (κ1) is 18.9. The summed E-state index contributed by atoms with van der Waals surface area (Å²) in [7, 11) is 0. The molecule has 0 saturated carbocycles. The molecular formula is C20H30N4O2S. The van der Waals surface area contributed by atoms with Crippen LogP contribution in [0.15, 0.2) is 5.38 Å². The molecule has 0 aromatic carbocycles. The number of fused-ring (bicyclic) bond motifs is 2. The summed E-state index contributed by atoms with van der Waals surface area (Å²) < 4.78 is 0. The number of aromatic nitrogens is 1. The van der Waals surface area contributed by atoms with E-state index in [0.717, 1.165) is 30.9 Å². The maximum absolute atomic E-state index is 12.7. The lowest BCUT2D eigenvalue weighted by atomic mass is 9.75. The average Bonchev–Trinajstić information content (AvgIpc) is 3.33. The van der Waals surface area contributed by atoms with Crippen LogP contribution in [-0.2, 0) is 4.79 Å². The topological polar surface area (TPSA) is 65.5 Å². The van der Waals surface area contributed by atoms with Crippen LogP contribution in [0.2, 0.25) is 0 Å². The highest BCUT2D eigenvalue weighted by Crippen LogP contribution is 2.44. The summed E-state index contributed by atoms with van der Waals surface area (Å²) in [5.41, 5.74) is 0.430. The van der Waals surface area contributed by atoms with Gasteiger partial charge < -0.3 is 10.2 Å². The van der Waals surface area contributed by atoms with E-state index in [9.17, 15) is 9.59 Å². The van der Waals surface area contributed by atoms with Crippen molar-refractivity contribution < 1.29 is 9.59 Å². The van der Waals surface area contributed by atoms with Gasteiger partial charge in [-0.05, 0) is 33.1 Å². The zero-order valence-corrected chi connectivity index (χ0v) is 17.3. The Morgan fingerprint density at radius 3 is 2.78 bits per heavy atom. The number of rotatable bonds is 4. The highest BCUT2D eigenvalue weighted by Gasteiger charge is 2.57. The molecule has 0 aliphatic carbocycles. The lowest BCUT2D eigenvalue weighted by molar-refractivity contribution is -0.123. The molecule has 0 unspecified atom stereocenters. The van der Waals surface area contributed by atoms with E-state index in [1.54, 1.807) is 0 Å². The summed E-state index contributed by atoms with van der Waals surface area (Å²) >= 11 is 1.51. The summed E-state index contributed by atoms with van der Waals surface area (Å²) in [5, 5.41) is 6.12. The van der Waals surface area contributed by atoms with Crippen molar-refractivity contribution in [3.63, 3.8) is 0 Å². The van der Waals surface area contributed by atoms with Gasteiger partial charge in [0.05, 0.1) is 10.9 Å². The van der Waals surface area contributed by atoms with Crippen LogP contribution >= 0.6 is 11.3 Å². The van der Waals surface area contributed by atoms with E-state index in [1.807, 2.05) is 17.2 Å². The quantitative estimate of drug-likeness (QED) is 0.857. The van der Waals surface area contributed by atoms with E-state index in [0.29, 0.717) is 30.7 Å². The van der Waals surface area contributed by atoms with Crippen molar-refractivity contribution in [3.8, 4) is 0 Å². The molecule has 3 saturated heterocycles. The van der Waals surface area contributed by atoms with Crippen LogP contribution in [0.4, 0.5) is 0 Å². The number of amides is 2. The van der Waals surface area contributed by atoms with Crippen LogP contribution in [0, 0.1) is 18.8 Å². The van der Waals surface area contributed by atoms with Crippen LogP contribution in [0.3, 0.4) is 0 Å². The molecule has 1 spiro atoms. The molecule has 3 atom stereocenters. The minimum atomic E-state index is -0.128. The molecule has 3 aliphatic heterocycles. The fourth-order valence-electron chi connectivity index (χ4n) is 5.28. The van der Waals surface area contributed by atoms with Gasteiger partial charge in [-0.3, -0.25) is 14.5 Å². The monoisotopic (exact) mass is 390 g/mol. The average molecular weight is 391 g/mol. The third-order valence-corrected chi connectivity index (χ3v) is 7.65. The number of thiazole rings is 1. The number of hydrogen-bond donors (Lipinski definition) is 1. The Hall–Kier alpha value is -1.47. The standard InChI is InChI=1S/C20H30N4O2S/c1-4-5-13(2)24-10-15-16(11-24)20(22-18(15)25)6-8-23(9-7-20)19(26)17-12-27-14(3)21-17/h12-13,15-16H,4-11H2,1-3H3,(H,22,25)/t13-,15-,16+/m1/s1. The summed E-state index contributed by atoms with van der Waals surface area (Å²) in [4.78, 5) is 34.1. The number of likely N-dealkylation sites (tertiary alicyclic amines) is 2. The van der Waals surface area contributed by atoms with Crippen molar-refractivity contribution in [1.29, 1.82) is 0 Å². The summed E-state index contributed by atoms with van der Waals surface area (Å²) in [6.07, 6.45) is 4.07. The highest BCUT2D eigenvalue weighted by molar-refractivity contribution is 7.09. The van der Waals surface area contributed by atoms with Gasteiger partial charge in [0.2, 0.25) is 5.91 Å². The molecule has 2 amide bonds. The lowest BCUT2D eigenvalue weighted by Gasteiger charge is -2.43. The summed E-state index contributed by atoms with van der Waals surface area (Å²) in [6.45, 7) is 9.72. The van der Waals surface area contributed by atoms with Gasteiger partial charge in [-0.15, -0.1) is 11.3 Å². The number of piperidine rings is 1. The van der Waals surface area contributed by atoms with E-state index in [-0.39, 0.29) is 23.3 Å². The molecule has 7 heteroatoms. The zero-order chi connectivity index (χ0) is 19.2. The predicted molar refractivity (Wildman–Crippen MR) is 106 cm³/mol. The van der Waals surface area contributed by atoms with Crippen molar-refractivity contribution in [2.45, 2.75) is 58.0 Å². The summed E-state index contributed by atoms with van der Waals surface area (Å²) in [5.74, 6) is 0.747. The Kier molecular flexibility index (Phi) is 5.01. The Balaban J connectivity index is 1.43. The lowest BCUT2D eigenvalue weighted by Crippen LogP contribution is -2.56. The molecule has 148 valence electrons. The maximum atomic E-state index is 12.7. The maximum Gasteiger partial charge on any atom is 0.273 e. The summed E-state index contributed by atoms with van der Waals surface area (Å²) in [6, 6.07) is 0.542. The van der Waals surface area contributed by atoms with Gasteiger partial charge in [-0.2, -0.15) is 0 Å². The third-order valence-electron chi connectivity index (χ3n) is 6.88. The van der Waals surface area contributed by atoms with Gasteiger partial charge in [-0.1, -0.05) is 13.3 Å². The Morgan fingerprint density at radius 1 is 1.41 bits per heavy atom. The van der Waals surface area contributed by atoms with Gasteiger partial charge in [0.1, 0.15) is 5.69 Å². The molecule has 3 aliphatic rings. The van der Waals surface area contributed by atoms with E-state index >= 15 is 0 Å². The van der Waals surface area contributed by atoms with Gasteiger partial charge in [0.15, 0.2) is 0 Å². The van der Waals surface area contributed by atoms with Gasteiger partial charge in [0.25, 0.3) is 5.91 Å². The van der Waals surface area contributed by atoms with Crippen LogP contribution in [0.5, 0.6) is 0 Å². The minimum Gasteiger partial charge on any atom is -0.350 e. The minimum absolute atomic E-state index is 0.0275. The third kappa shape index (κ3) is 3.29. The van der Waals surface area contributed by atoms with Crippen molar-refractivity contribution >= 4 is 23.2 Å². The Labute approximate surface area is 165 Å². The zero-order valence-electron chi connectivity index (χ0n) is 16.5. The molecular weight excluding hydrogens is 360 g/mol. The van der Waals surface area contributed by atoms with Crippen LogP contribution in [0.25, 0.3) is 0 Å². The van der Waals surface area contributed by atoms with Gasteiger partial charge >= 0.3 is 0 Å². The number of nitrogens with zero attached hydrogens (tertiary/aromatic N) is 3. The first-order valence-corrected chi connectivity index (χ1v) is 11.1. The van der Waals surface area contributed by atoms with Crippen LogP contribution in [-0.4, -0.2) is 64.4 Å². The van der Waals surface area contributed by atoms with E-state index in [1.165, 1.54) is 24.2 Å². The number of nitrogens with one attached hydrogen (secondary N) is 1. The molecule has 0 bridgehead atoms. The molecule has 6 nitrogen and oxygen atoms in total. The van der Waals surface area contributed by atoms with Crippen molar-refractivity contribution in [2.75, 3.05) is 26.2 Å². The van der Waals surface area contributed by atoms with Crippen molar-refractivity contribution in [1.82, 2.24) is 20.1 Å². The molecule has 1 aromatic heterocycles. The smallest absolute Gasteiger partial charge is 0.273 e. The number of aryl methyl sites for hydroxylation is 1. The second-order valence-electron chi connectivity index (χ2n) is 8.49. The van der Waals surface area contributed by atoms with Crippen LogP contribution in [0.1, 0.15) is 55.0 Å². The van der Waals surface area contributed by atoms with E-state index in [2.05, 4.69) is 29.0 Å². The predicted octanol–water partition coefficient (Wildman–Crippen LogP) is 2.29. The Bertz CT molecular complexity index is 725. The van der Waals surface area contributed by atoms with Gasteiger partial charge in [0, 0.05) is 49.1 Å². The van der Waals surface area contributed by atoms with E-state index in [4.69, 9.17) is 0 Å². The fraction of sp³-hybridized carbons (Fsp3) is 0.750. The molecule has 1 aromatic rings. The first-order chi connectivity index (χ1) is 12.9. The fourth-order valence-corrected chi connectivity index (χ4v) is 5.87. The molecule has 3 fully saturated rings. The largest absolute Gasteiger partial charge is 0.350 e. The van der Waals surface area contributed by atoms with Crippen LogP contribution < -0.4 is 5.32 Å². The molecule has 1 N–H and O–H groups in total. The first-order valence-electron chi connectivity index (χ1n) is 10.2. The second-order valence-corrected chi connectivity index (χ2v) is 9.56. The molecule has 27 heavy (non-hydrogen) atoms. The Morgan fingerprint density at radius 2 is 2.15 bits per heavy atom. The van der Waals surface area contributed by atoms with E-state index < -0.39 is 0 Å². The number of carbonyl (C=O) groups excluding carboxylic acids is 2.